The highest BCUT2D eigenvalue weighted by atomic mass is 35.5. The van der Waals surface area contributed by atoms with Crippen LogP contribution in [0.3, 0.4) is 0 Å². The zero-order valence-corrected chi connectivity index (χ0v) is 12.2. The van der Waals surface area contributed by atoms with Crippen molar-refractivity contribution in [1.82, 2.24) is 4.98 Å². The van der Waals surface area contributed by atoms with E-state index in [0.717, 1.165) is 28.8 Å². The van der Waals surface area contributed by atoms with Crippen molar-refractivity contribution in [2.75, 3.05) is 6.61 Å². The second kappa shape index (κ2) is 6.20. The number of nitrogens with one attached hydrogen (secondary N) is 1. The van der Waals surface area contributed by atoms with Crippen LogP contribution in [-0.2, 0) is 13.0 Å². The van der Waals surface area contributed by atoms with E-state index in [1.165, 1.54) is 5.56 Å². The molecule has 3 nitrogen and oxygen atoms in total. The lowest BCUT2D eigenvalue weighted by Gasteiger charge is -2.08. The maximum atomic E-state index is 9.22. The van der Waals surface area contributed by atoms with Crippen molar-refractivity contribution in [3.05, 3.63) is 64.8 Å². The molecule has 1 heterocycles. The first-order chi connectivity index (χ1) is 10.3. The number of aliphatic hydroxyl groups excluding tert-OH is 1. The molecule has 0 aliphatic carbocycles. The summed E-state index contributed by atoms with van der Waals surface area (Å²) in [5, 5.41) is 10.8. The van der Waals surface area contributed by atoms with Crippen LogP contribution in [0.15, 0.2) is 48.5 Å². The number of hydrogen-bond acceptors (Lipinski definition) is 2. The van der Waals surface area contributed by atoms with Crippen molar-refractivity contribution in [3.63, 3.8) is 0 Å². The molecule has 3 aromatic rings. The molecule has 0 atom stereocenters. The fraction of sp³-hybridized carbons (Fsp3) is 0.176. The normalized spacial score (nSPS) is 11.0. The van der Waals surface area contributed by atoms with E-state index in [1.807, 2.05) is 36.4 Å². The van der Waals surface area contributed by atoms with Crippen LogP contribution < -0.4 is 4.74 Å². The molecule has 0 radical (unpaired) electrons. The molecule has 0 saturated carbocycles. The number of benzene rings is 2. The first-order valence-corrected chi connectivity index (χ1v) is 7.23. The van der Waals surface area contributed by atoms with Gasteiger partial charge in [-0.3, -0.25) is 0 Å². The number of H-pyrrole nitrogens is 1. The van der Waals surface area contributed by atoms with Gasteiger partial charge in [0.05, 0.1) is 18.7 Å². The molecule has 21 heavy (non-hydrogen) atoms. The molecule has 0 saturated heterocycles. The van der Waals surface area contributed by atoms with Crippen LogP contribution >= 0.6 is 11.6 Å². The zero-order valence-electron chi connectivity index (χ0n) is 11.5. The quantitative estimate of drug-likeness (QED) is 0.750. The first kappa shape index (κ1) is 14.0. The van der Waals surface area contributed by atoms with Gasteiger partial charge in [-0.2, -0.15) is 0 Å². The van der Waals surface area contributed by atoms with Crippen molar-refractivity contribution in [2.45, 2.75) is 13.0 Å². The second-order valence-electron chi connectivity index (χ2n) is 4.90. The van der Waals surface area contributed by atoms with E-state index in [2.05, 4.69) is 17.1 Å². The van der Waals surface area contributed by atoms with Gasteiger partial charge in [0.15, 0.2) is 0 Å². The first-order valence-electron chi connectivity index (χ1n) is 6.85. The summed E-state index contributed by atoms with van der Waals surface area (Å²) in [5.74, 6) is 0.740. The Hall–Kier alpha value is -1.97. The summed E-state index contributed by atoms with van der Waals surface area (Å²) in [4.78, 5) is 3.12. The van der Waals surface area contributed by atoms with Crippen molar-refractivity contribution in [3.8, 4) is 5.75 Å². The minimum atomic E-state index is -0.0320. The summed E-state index contributed by atoms with van der Waals surface area (Å²) >= 11 is 6.11. The summed E-state index contributed by atoms with van der Waals surface area (Å²) in [7, 11) is 0. The Kier molecular flexibility index (Phi) is 4.13. The molecule has 0 fully saturated rings. The van der Waals surface area contributed by atoms with Crippen LogP contribution in [0.1, 0.15) is 11.3 Å². The molecule has 0 amide bonds. The van der Waals surface area contributed by atoms with E-state index in [-0.39, 0.29) is 6.61 Å². The van der Waals surface area contributed by atoms with Gasteiger partial charge in [-0.25, -0.2) is 0 Å². The summed E-state index contributed by atoms with van der Waals surface area (Å²) in [6.45, 7) is 0.550. The molecule has 1 aromatic heterocycles. The standard InChI is InChI=1S/C17H16ClNO2/c18-13-8-16-15(10-14(11-20)19-16)17(9-13)21-7-6-12-4-2-1-3-5-12/h1-5,8-10,19-20H,6-7,11H2. The number of aliphatic hydroxyl groups is 1. The van der Waals surface area contributed by atoms with Gasteiger partial charge in [0.1, 0.15) is 5.75 Å². The molecule has 0 aliphatic heterocycles. The smallest absolute Gasteiger partial charge is 0.130 e. The molecule has 0 unspecified atom stereocenters. The van der Waals surface area contributed by atoms with E-state index in [9.17, 15) is 5.11 Å². The van der Waals surface area contributed by atoms with Gasteiger partial charge in [0.25, 0.3) is 0 Å². The number of halogens is 1. The van der Waals surface area contributed by atoms with E-state index < -0.39 is 0 Å². The van der Waals surface area contributed by atoms with Crippen molar-refractivity contribution >= 4 is 22.5 Å². The number of ether oxygens (including phenoxy) is 1. The van der Waals surface area contributed by atoms with Gasteiger partial charge in [-0.05, 0) is 23.8 Å². The summed E-state index contributed by atoms with van der Waals surface area (Å²) in [6.07, 6.45) is 0.839. The second-order valence-corrected chi connectivity index (χ2v) is 5.34. The molecule has 4 heteroatoms. The van der Waals surface area contributed by atoms with E-state index in [1.54, 1.807) is 0 Å². The molecular formula is C17H16ClNO2. The molecule has 108 valence electrons. The average molecular weight is 302 g/mol. The van der Waals surface area contributed by atoms with E-state index in [4.69, 9.17) is 16.3 Å². The van der Waals surface area contributed by atoms with Crippen LogP contribution in [0.5, 0.6) is 5.75 Å². The number of hydrogen-bond donors (Lipinski definition) is 2. The maximum Gasteiger partial charge on any atom is 0.130 e. The SMILES string of the molecule is OCc1cc2c(OCCc3ccccc3)cc(Cl)cc2[nH]1. The molecule has 2 N–H and O–H groups in total. The topological polar surface area (TPSA) is 45.2 Å². The number of aromatic nitrogens is 1. The predicted molar refractivity (Wildman–Crippen MR) is 84.9 cm³/mol. The van der Waals surface area contributed by atoms with Gasteiger partial charge >= 0.3 is 0 Å². The van der Waals surface area contributed by atoms with Crippen LogP contribution in [0, 0.1) is 0 Å². The third kappa shape index (κ3) is 3.20. The van der Waals surface area contributed by atoms with Gasteiger partial charge in [-0.1, -0.05) is 41.9 Å². The number of aromatic amines is 1. The highest BCUT2D eigenvalue weighted by Gasteiger charge is 2.08. The summed E-state index contributed by atoms with van der Waals surface area (Å²) in [6, 6.07) is 15.7. The van der Waals surface area contributed by atoms with E-state index >= 15 is 0 Å². The lowest BCUT2D eigenvalue weighted by Crippen LogP contribution is -2.01. The third-order valence-electron chi connectivity index (χ3n) is 3.38. The van der Waals surface area contributed by atoms with Gasteiger partial charge in [0.2, 0.25) is 0 Å². The molecule has 3 rings (SSSR count). The van der Waals surface area contributed by atoms with Gasteiger partial charge < -0.3 is 14.8 Å². The minimum Gasteiger partial charge on any atom is -0.492 e. The number of rotatable bonds is 5. The van der Waals surface area contributed by atoms with Gasteiger partial charge in [-0.15, -0.1) is 0 Å². The maximum absolute atomic E-state index is 9.22. The fourth-order valence-electron chi connectivity index (χ4n) is 2.36. The van der Waals surface area contributed by atoms with E-state index in [0.29, 0.717) is 11.6 Å². The molecule has 0 bridgehead atoms. The third-order valence-corrected chi connectivity index (χ3v) is 3.60. The molecule has 0 aliphatic rings. The van der Waals surface area contributed by atoms with Gasteiger partial charge in [0, 0.05) is 22.5 Å². The largest absolute Gasteiger partial charge is 0.492 e. The summed E-state index contributed by atoms with van der Waals surface area (Å²) < 4.78 is 5.88. The van der Waals surface area contributed by atoms with Crippen LogP contribution in [0.4, 0.5) is 0 Å². The lowest BCUT2D eigenvalue weighted by atomic mass is 10.2. The average Bonchev–Trinajstić information content (AvgIpc) is 2.91. The summed E-state index contributed by atoms with van der Waals surface area (Å²) in [5.41, 5.74) is 2.86. The minimum absolute atomic E-state index is 0.0320. The number of fused-ring (bicyclic) bond motifs is 1. The Morgan fingerprint density at radius 3 is 2.67 bits per heavy atom. The highest BCUT2D eigenvalue weighted by Crippen LogP contribution is 2.30. The molecule has 0 spiro atoms. The molecular weight excluding hydrogens is 286 g/mol. The van der Waals surface area contributed by atoms with Crippen LogP contribution in [0.2, 0.25) is 5.02 Å². The monoisotopic (exact) mass is 301 g/mol. The Morgan fingerprint density at radius 1 is 1.10 bits per heavy atom. The fourth-order valence-corrected chi connectivity index (χ4v) is 2.56. The van der Waals surface area contributed by atoms with Crippen LogP contribution in [-0.4, -0.2) is 16.7 Å². The van der Waals surface area contributed by atoms with Crippen LogP contribution in [0.25, 0.3) is 10.9 Å². The Morgan fingerprint density at radius 2 is 1.90 bits per heavy atom. The Balaban J connectivity index is 1.78. The Bertz CT molecular complexity index is 737. The highest BCUT2D eigenvalue weighted by molar-refractivity contribution is 6.31. The van der Waals surface area contributed by atoms with Crippen molar-refractivity contribution in [2.24, 2.45) is 0 Å². The zero-order chi connectivity index (χ0) is 14.7. The molecule has 2 aromatic carbocycles. The predicted octanol–water partition coefficient (Wildman–Crippen LogP) is 3.94. The Labute approximate surface area is 128 Å². The van der Waals surface area contributed by atoms with Crippen molar-refractivity contribution in [1.29, 1.82) is 0 Å². The lowest BCUT2D eigenvalue weighted by molar-refractivity contribution is 0.278. The van der Waals surface area contributed by atoms with Crippen molar-refractivity contribution < 1.29 is 9.84 Å².